The van der Waals surface area contributed by atoms with Crippen LogP contribution in [0.2, 0.25) is 0 Å². The lowest BCUT2D eigenvalue weighted by molar-refractivity contribution is 0.303. The summed E-state index contributed by atoms with van der Waals surface area (Å²) in [5, 5.41) is 0. The van der Waals surface area contributed by atoms with Crippen molar-refractivity contribution in [3.8, 4) is 5.75 Å². The first-order valence-electron chi connectivity index (χ1n) is 6.60. The Morgan fingerprint density at radius 3 is 2.60 bits per heavy atom. The van der Waals surface area contributed by atoms with Crippen molar-refractivity contribution in [2.75, 3.05) is 0 Å². The summed E-state index contributed by atoms with van der Waals surface area (Å²) in [5.74, 6) is 0.911. The predicted octanol–water partition coefficient (Wildman–Crippen LogP) is 4.80. The normalized spacial score (nSPS) is 15.9. The standard InChI is InChI=1S/C16H15Br2NO/c17-11-4-7-14(15(18)9-11)16(19)10-2-1-3-13(8-10)20-12-5-6-12/h1-4,7-9,12,16H,5-6,19H2. The van der Waals surface area contributed by atoms with E-state index in [0.29, 0.717) is 6.10 Å². The molecule has 0 spiro atoms. The zero-order valence-corrected chi connectivity index (χ0v) is 14.0. The number of nitrogens with two attached hydrogens (primary N) is 1. The fourth-order valence-electron chi connectivity index (χ4n) is 2.09. The quantitative estimate of drug-likeness (QED) is 0.805. The van der Waals surface area contributed by atoms with Gasteiger partial charge in [-0.1, -0.05) is 50.1 Å². The average molecular weight is 397 g/mol. The van der Waals surface area contributed by atoms with Gasteiger partial charge in [-0.3, -0.25) is 0 Å². The van der Waals surface area contributed by atoms with Crippen LogP contribution in [0.3, 0.4) is 0 Å². The van der Waals surface area contributed by atoms with Crippen molar-refractivity contribution in [1.82, 2.24) is 0 Å². The van der Waals surface area contributed by atoms with Gasteiger partial charge < -0.3 is 10.5 Å². The van der Waals surface area contributed by atoms with Gasteiger partial charge in [0.15, 0.2) is 0 Å². The highest BCUT2D eigenvalue weighted by molar-refractivity contribution is 9.11. The molecule has 0 heterocycles. The SMILES string of the molecule is NC(c1cccc(OC2CC2)c1)c1ccc(Br)cc1Br. The average Bonchev–Trinajstić information content (AvgIpc) is 3.22. The molecule has 2 aromatic carbocycles. The van der Waals surface area contributed by atoms with Gasteiger partial charge in [0.1, 0.15) is 5.75 Å². The number of hydrogen-bond donors (Lipinski definition) is 1. The topological polar surface area (TPSA) is 35.2 Å². The Bertz CT molecular complexity index is 626. The number of benzene rings is 2. The molecule has 2 nitrogen and oxygen atoms in total. The molecule has 1 fully saturated rings. The van der Waals surface area contributed by atoms with Crippen LogP contribution < -0.4 is 10.5 Å². The first-order chi connectivity index (χ1) is 9.63. The molecule has 1 aliphatic carbocycles. The van der Waals surface area contributed by atoms with E-state index in [9.17, 15) is 0 Å². The van der Waals surface area contributed by atoms with Gasteiger partial charge in [0.05, 0.1) is 12.1 Å². The molecule has 1 unspecified atom stereocenters. The summed E-state index contributed by atoms with van der Waals surface area (Å²) in [6.45, 7) is 0. The van der Waals surface area contributed by atoms with E-state index in [1.165, 1.54) is 0 Å². The molecule has 4 heteroatoms. The summed E-state index contributed by atoms with van der Waals surface area (Å²) >= 11 is 7.03. The van der Waals surface area contributed by atoms with Crippen molar-refractivity contribution in [3.05, 3.63) is 62.5 Å². The molecule has 1 atom stereocenters. The van der Waals surface area contributed by atoms with Crippen LogP contribution in [0, 0.1) is 0 Å². The van der Waals surface area contributed by atoms with Gasteiger partial charge in [-0.15, -0.1) is 0 Å². The van der Waals surface area contributed by atoms with E-state index in [4.69, 9.17) is 10.5 Å². The molecule has 20 heavy (non-hydrogen) atoms. The minimum Gasteiger partial charge on any atom is -0.490 e. The Labute approximate surface area is 135 Å². The van der Waals surface area contributed by atoms with Crippen LogP contribution in [-0.2, 0) is 0 Å². The first kappa shape index (κ1) is 14.1. The summed E-state index contributed by atoms with van der Waals surface area (Å²) < 4.78 is 7.87. The summed E-state index contributed by atoms with van der Waals surface area (Å²) in [4.78, 5) is 0. The molecule has 104 valence electrons. The molecule has 0 aliphatic heterocycles. The van der Waals surface area contributed by atoms with Gasteiger partial charge in [0.2, 0.25) is 0 Å². The second kappa shape index (κ2) is 5.88. The molecule has 1 aliphatic rings. The molecule has 0 bridgehead atoms. The largest absolute Gasteiger partial charge is 0.490 e. The van der Waals surface area contributed by atoms with Crippen molar-refractivity contribution in [1.29, 1.82) is 0 Å². The van der Waals surface area contributed by atoms with Gasteiger partial charge in [0.25, 0.3) is 0 Å². The fourth-order valence-corrected chi connectivity index (χ4v) is 3.39. The molecule has 1 saturated carbocycles. The summed E-state index contributed by atoms with van der Waals surface area (Å²) in [6.07, 6.45) is 2.73. The molecule has 2 N–H and O–H groups in total. The van der Waals surface area contributed by atoms with Crippen molar-refractivity contribution in [3.63, 3.8) is 0 Å². The minimum atomic E-state index is -0.166. The minimum absolute atomic E-state index is 0.166. The van der Waals surface area contributed by atoms with Gasteiger partial charge in [-0.25, -0.2) is 0 Å². The highest BCUT2D eigenvalue weighted by atomic mass is 79.9. The number of ether oxygens (including phenoxy) is 1. The summed E-state index contributed by atoms with van der Waals surface area (Å²) in [5.41, 5.74) is 8.51. The second-order valence-electron chi connectivity index (χ2n) is 5.03. The van der Waals surface area contributed by atoms with Crippen LogP contribution in [0.4, 0.5) is 0 Å². The van der Waals surface area contributed by atoms with Gasteiger partial charge in [-0.2, -0.15) is 0 Å². The predicted molar refractivity (Wildman–Crippen MR) is 88.0 cm³/mol. The van der Waals surface area contributed by atoms with Gasteiger partial charge >= 0.3 is 0 Å². The van der Waals surface area contributed by atoms with Crippen LogP contribution in [-0.4, -0.2) is 6.10 Å². The maximum atomic E-state index is 6.38. The summed E-state index contributed by atoms with van der Waals surface area (Å²) in [7, 11) is 0. The van der Waals surface area contributed by atoms with Crippen molar-refractivity contribution >= 4 is 31.9 Å². The maximum absolute atomic E-state index is 6.38. The third kappa shape index (κ3) is 3.25. The molecule has 2 aromatic rings. The Balaban J connectivity index is 1.86. The Hall–Kier alpha value is -0.840. The molecule has 0 saturated heterocycles. The van der Waals surface area contributed by atoms with E-state index in [2.05, 4.69) is 31.9 Å². The van der Waals surface area contributed by atoms with Crippen LogP contribution in [0.1, 0.15) is 30.0 Å². The lowest BCUT2D eigenvalue weighted by atomic mass is 9.99. The Morgan fingerprint density at radius 2 is 1.90 bits per heavy atom. The van der Waals surface area contributed by atoms with Crippen molar-refractivity contribution in [2.45, 2.75) is 25.0 Å². The number of rotatable bonds is 4. The van der Waals surface area contributed by atoms with E-state index in [0.717, 1.165) is 38.7 Å². The Morgan fingerprint density at radius 1 is 1.10 bits per heavy atom. The van der Waals surface area contributed by atoms with E-state index in [1.54, 1.807) is 0 Å². The van der Waals surface area contributed by atoms with Crippen LogP contribution in [0.5, 0.6) is 5.75 Å². The van der Waals surface area contributed by atoms with Gasteiger partial charge in [0, 0.05) is 8.95 Å². The van der Waals surface area contributed by atoms with Crippen LogP contribution >= 0.6 is 31.9 Å². The van der Waals surface area contributed by atoms with E-state index in [-0.39, 0.29) is 6.04 Å². The van der Waals surface area contributed by atoms with E-state index >= 15 is 0 Å². The van der Waals surface area contributed by atoms with Crippen molar-refractivity contribution < 1.29 is 4.74 Å². The highest BCUT2D eigenvalue weighted by Crippen LogP contribution is 2.32. The zero-order chi connectivity index (χ0) is 14.1. The van der Waals surface area contributed by atoms with Crippen LogP contribution in [0.25, 0.3) is 0 Å². The van der Waals surface area contributed by atoms with E-state index in [1.807, 2.05) is 42.5 Å². The Kier molecular flexibility index (Phi) is 4.15. The maximum Gasteiger partial charge on any atom is 0.120 e. The lowest BCUT2D eigenvalue weighted by Crippen LogP contribution is -2.12. The highest BCUT2D eigenvalue weighted by Gasteiger charge is 2.23. The smallest absolute Gasteiger partial charge is 0.120 e. The fraction of sp³-hybridized carbons (Fsp3) is 0.250. The van der Waals surface area contributed by atoms with Crippen LogP contribution in [0.15, 0.2) is 51.4 Å². The molecule has 0 aromatic heterocycles. The monoisotopic (exact) mass is 395 g/mol. The molecular formula is C16H15Br2NO. The second-order valence-corrected chi connectivity index (χ2v) is 6.80. The third-order valence-electron chi connectivity index (χ3n) is 3.34. The molecule has 3 rings (SSSR count). The third-order valence-corrected chi connectivity index (χ3v) is 4.52. The molecule has 0 amide bonds. The summed E-state index contributed by atoms with van der Waals surface area (Å²) in [6, 6.07) is 14.0. The lowest BCUT2D eigenvalue weighted by Gasteiger charge is -2.16. The van der Waals surface area contributed by atoms with E-state index < -0.39 is 0 Å². The first-order valence-corrected chi connectivity index (χ1v) is 8.19. The number of hydrogen-bond acceptors (Lipinski definition) is 2. The van der Waals surface area contributed by atoms with Gasteiger partial charge in [-0.05, 0) is 48.2 Å². The molecule has 0 radical (unpaired) electrons. The van der Waals surface area contributed by atoms with Crippen molar-refractivity contribution in [2.24, 2.45) is 5.73 Å². The number of halogens is 2. The molecular weight excluding hydrogens is 382 g/mol. The zero-order valence-electron chi connectivity index (χ0n) is 10.9.